The number of carbonyl (C=O) groups is 1. The zero-order valence-electron chi connectivity index (χ0n) is 21.9. The number of phenols is 1. The molecule has 1 N–H and O–H groups in total. The molecule has 1 unspecified atom stereocenters. The Morgan fingerprint density at radius 1 is 1.03 bits per heavy atom. The third-order valence-electron chi connectivity index (χ3n) is 6.27. The Balaban J connectivity index is 1.56. The molecular formula is C31H32O7. The fourth-order valence-corrected chi connectivity index (χ4v) is 4.17. The number of ketones is 1. The van der Waals surface area contributed by atoms with Gasteiger partial charge in [0.2, 0.25) is 0 Å². The molecule has 0 aliphatic carbocycles. The molecule has 38 heavy (non-hydrogen) atoms. The standard InChI is InChI=1S/C31H32O7/c1-4-23(32)19-36-24-16-25(33)31-26(34)18-28(38-30(31)17-24)22-13-14-27(35-3)29(15-22)37-20(2)9-8-12-21-10-6-5-7-11-21/h5-7,10-11,13-18,20,33H,4,8-9,12,19H2,1-3H3. The van der Waals surface area contributed by atoms with Crippen molar-refractivity contribution in [2.24, 2.45) is 0 Å². The van der Waals surface area contributed by atoms with Gasteiger partial charge in [-0.05, 0) is 49.9 Å². The van der Waals surface area contributed by atoms with Crippen LogP contribution in [-0.2, 0) is 11.2 Å². The summed E-state index contributed by atoms with van der Waals surface area (Å²) >= 11 is 0. The number of carbonyl (C=O) groups excluding carboxylic acids is 1. The lowest BCUT2D eigenvalue weighted by Crippen LogP contribution is -2.12. The number of aromatic hydroxyl groups is 1. The van der Waals surface area contributed by atoms with E-state index in [1.807, 2.05) is 25.1 Å². The molecule has 0 amide bonds. The van der Waals surface area contributed by atoms with Gasteiger partial charge in [-0.3, -0.25) is 9.59 Å². The van der Waals surface area contributed by atoms with Crippen molar-refractivity contribution < 1.29 is 28.5 Å². The van der Waals surface area contributed by atoms with E-state index >= 15 is 0 Å². The van der Waals surface area contributed by atoms with Gasteiger partial charge in [-0.1, -0.05) is 37.3 Å². The Hall–Kier alpha value is -4.26. The molecule has 7 heteroatoms. The topological polar surface area (TPSA) is 95.2 Å². The zero-order chi connectivity index (χ0) is 27.1. The molecule has 0 bridgehead atoms. The number of aryl methyl sites for hydroxylation is 1. The van der Waals surface area contributed by atoms with E-state index in [9.17, 15) is 14.7 Å². The van der Waals surface area contributed by atoms with Crippen LogP contribution < -0.4 is 19.6 Å². The Labute approximate surface area is 221 Å². The van der Waals surface area contributed by atoms with Crippen LogP contribution >= 0.6 is 0 Å². The molecule has 1 heterocycles. The minimum Gasteiger partial charge on any atom is -0.507 e. The molecule has 4 rings (SSSR count). The maximum atomic E-state index is 12.9. The summed E-state index contributed by atoms with van der Waals surface area (Å²) in [7, 11) is 1.58. The van der Waals surface area contributed by atoms with E-state index in [1.165, 1.54) is 23.8 Å². The van der Waals surface area contributed by atoms with Crippen molar-refractivity contribution in [2.45, 2.75) is 45.6 Å². The summed E-state index contributed by atoms with van der Waals surface area (Å²) in [6.07, 6.45) is 3.08. The minimum absolute atomic E-state index is 0.0416. The van der Waals surface area contributed by atoms with Crippen LogP contribution in [0.1, 0.15) is 38.7 Å². The molecule has 3 aromatic carbocycles. The van der Waals surface area contributed by atoms with Gasteiger partial charge in [-0.15, -0.1) is 0 Å². The second kappa shape index (κ2) is 12.3. The van der Waals surface area contributed by atoms with E-state index in [2.05, 4.69) is 12.1 Å². The summed E-state index contributed by atoms with van der Waals surface area (Å²) in [5.41, 5.74) is 1.66. The van der Waals surface area contributed by atoms with Gasteiger partial charge in [0.05, 0.1) is 13.2 Å². The van der Waals surface area contributed by atoms with Crippen LogP contribution in [0, 0.1) is 0 Å². The molecule has 0 radical (unpaired) electrons. The fourth-order valence-electron chi connectivity index (χ4n) is 4.17. The van der Waals surface area contributed by atoms with Crippen molar-refractivity contribution in [3.05, 3.63) is 82.5 Å². The molecule has 1 atom stereocenters. The first-order valence-corrected chi connectivity index (χ1v) is 12.7. The average molecular weight is 517 g/mol. The summed E-state index contributed by atoms with van der Waals surface area (Å²) < 4.78 is 23.2. The number of rotatable bonds is 12. The predicted molar refractivity (Wildman–Crippen MR) is 146 cm³/mol. The van der Waals surface area contributed by atoms with E-state index in [1.54, 1.807) is 32.2 Å². The van der Waals surface area contributed by atoms with Gasteiger partial charge >= 0.3 is 0 Å². The van der Waals surface area contributed by atoms with Gasteiger partial charge in [0.1, 0.15) is 34.8 Å². The van der Waals surface area contributed by atoms with Crippen molar-refractivity contribution >= 4 is 16.8 Å². The molecule has 7 nitrogen and oxygen atoms in total. The number of benzene rings is 3. The quantitative estimate of drug-likeness (QED) is 0.235. The van der Waals surface area contributed by atoms with Gasteiger partial charge in [0.15, 0.2) is 22.7 Å². The van der Waals surface area contributed by atoms with Gasteiger partial charge in [-0.2, -0.15) is 0 Å². The maximum Gasteiger partial charge on any atom is 0.197 e. The predicted octanol–water partition coefficient (Wildman–Crippen LogP) is 6.32. The summed E-state index contributed by atoms with van der Waals surface area (Å²) in [4.78, 5) is 24.5. The largest absolute Gasteiger partial charge is 0.507 e. The summed E-state index contributed by atoms with van der Waals surface area (Å²) in [6.45, 7) is 3.63. The van der Waals surface area contributed by atoms with Crippen LogP contribution in [-0.4, -0.2) is 30.7 Å². The molecule has 198 valence electrons. The Kier molecular flexibility index (Phi) is 8.69. The SMILES string of the molecule is CCC(=O)COc1cc(O)c2c(=O)cc(-c3ccc(OC)c(OC(C)CCCc4ccccc4)c3)oc2c1. The maximum absolute atomic E-state index is 12.9. The number of methoxy groups -OCH3 is 1. The number of hydrogen-bond acceptors (Lipinski definition) is 7. The number of fused-ring (bicyclic) bond motifs is 1. The molecule has 0 fully saturated rings. The van der Waals surface area contributed by atoms with Crippen LogP contribution in [0.5, 0.6) is 23.0 Å². The highest BCUT2D eigenvalue weighted by Gasteiger charge is 2.16. The zero-order valence-corrected chi connectivity index (χ0v) is 21.9. The molecule has 0 saturated heterocycles. The lowest BCUT2D eigenvalue weighted by molar-refractivity contribution is -0.120. The Morgan fingerprint density at radius 3 is 2.55 bits per heavy atom. The summed E-state index contributed by atoms with van der Waals surface area (Å²) in [6, 6.07) is 19.8. The van der Waals surface area contributed by atoms with E-state index in [0.29, 0.717) is 29.2 Å². The third-order valence-corrected chi connectivity index (χ3v) is 6.27. The lowest BCUT2D eigenvalue weighted by Gasteiger charge is -2.18. The van der Waals surface area contributed by atoms with Crippen LogP contribution in [0.15, 0.2) is 75.9 Å². The van der Waals surface area contributed by atoms with Crippen LogP contribution in [0.3, 0.4) is 0 Å². The third kappa shape index (κ3) is 6.54. The number of ether oxygens (including phenoxy) is 3. The molecular weight excluding hydrogens is 484 g/mol. The first kappa shape index (κ1) is 26.8. The monoisotopic (exact) mass is 516 g/mol. The Bertz CT molecular complexity index is 1460. The highest BCUT2D eigenvalue weighted by Crippen LogP contribution is 2.36. The van der Waals surface area contributed by atoms with Crippen LogP contribution in [0.25, 0.3) is 22.3 Å². The van der Waals surface area contributed by atoms with Crippen LogP contribution in [0.2, 0.25) is 0 Å². The molecule has 1 aromatic heterocycles. The molecule has 0 aliphatic heterocycles. The highest BCUT2D eigenvalue weighted by molar-refractivity contribution is 5.86. The van der Waals surface area contributed by atoms with Crippen LogP contribution in [0.4, 0.5) is 0 Å². The van der Waals surface area contributed by atoms with Gasteiger partial charge in [0.25, 0.3) is 0 Å². The highest BCUT2D eigenvalue weighted by atomic mass is 16.5. The summed E-state index contributed by atoms with van der Waals surface area (Å²) in [5, 5.41) is 10.5. The van der Waals surface area contributed by atoms with E-state index in [-0.39, 0.29) is 41.0 Å². The molecule has 4 aromatic rings. The van der Waals surface area contributed by atoms with Crippen molar-refractivity contribution in [3.63, 3.8) is 0 Å². The first-order chi connectivity index (χ1) is 18.4. The van der Waals surface area contributed by atoms with Gasteiger partial charge in [0, 0.05) is 30.2 Å². The second-order valence-corrected chi connectivity index (χ2v) is 9.14. The minimum atomic E-state index is -0.400. The first-order valence-electron chi connectivity index (χ1n) is 12.7. The van der Waals surface area contributed by atoms with Crippen molar-refractivity contribution in [2.75, 3.05) is 13.7 Å². The number of hydrogen-bond donors (Lipinski definition) is 1. The number of phenolic OH excluding ortho intramolecular Hbond substituents is 1. The van der Waals surface area contributed by atoms with E-state index < -0.39 is 5.43 Å². The molecule has 0 saturated carbocycles. The lowest BCUT2D eigenvalue weighted by atomic mass is 10.1. The van der Waals surface area contributed by atoms with Gasteiger partial charge in [-0.25, -0.2) is 0 Å². The second-order valence-electron chi connectivity index (χ2n) is 9.14. The number of Topliss-reactive ketones (excluding diaryl/α,β-unsaturated/α-hetero) is 1. The summed E-state index contributed by atoms with van der Waals surface area (Å²) in [5.74, 6) is 1.29. The van der Waals surface area contributed by atoms with E-state index in [0.717, 1.165) is 19.3 Å². The van der Waals surface area contributed by atoms with Gasteiger partial charge < -0.3 is 23.7 Å². The van der Waals surface area contributed by atoms with Crippen molar-refractivity contribution in [1.82, 2.24) is 0 Å². The van der Waals surface area contributed by atoms with Crippen molar-refractivity contribution in [1.29, 1.82) is 0 Å². The fraction of sp³-hybridized carbons (Fsp3) is 0.290. The molecule has 0 aliphatic rings. The smallest absolute Gasteiger partial charge is 0.197 e. The van der Waals surface area contributed by atoms with E-state index in [4.69, 9.17) is 18.6 Å². The normalized spacial score (nSPS) is 11.8. The van der Waals surface area contributed by atoms with Crippen molar-refractivity contribution in [3.8, 4) is 34.3 Å². The molecule has 0 spiro atoms. The Morgan fingerprint density at radius 2 is 1.82 bits per heavy atom. The average Bonchev–Trinajstić information content (AvgIpc) is 2.91.